The van der Waals surface area contributed by atoms with Crippen molar-refractivity contribution in [2.75, 3.05) is 11.9 Å². The number of hydrogen-bond donors (Lipinski definition) is 2. The van der Waals surface area contributed by atoms with Gasteiger partial charge in [-0.3, -0.25) is 4.79 Å². The fraction of sp³-hybridized carbons (Fsp3) is 0.462. The van der Waals surface area contributed by atoms with Gasteiger partial charge in [0, 0.05) is 12.2 Å². The van der Waals surface area contributed by atoms with Crippen LogP contribution < -0.4 is 5.32 Å². The van der Waals surface area contributed by atoms with E-state index < -0.39 is 11.4 Å². The molecule has 0 atom stereocenters. The summed E-state index contributed by atoms with van der Waals surface area (Å²) in [6, 6.07) is 8.17. The van der Waals surface area contributed by atoms with Gasteiger partial charge in [-0.2, -0.15) is 0 Å². The minimum Gasteiger partial charge on any atom is -0.481 e. The largest absolute Gasteiger partial charge is 0.481 e. The molecule has 0 spiro atoms. The first-order chi connectivity index (χ1) is 7.66. The van der Waals surface area contributed by atoms with Crippen molar-refractivity contribution in [2.24, 2.45) is 5.41 Å². The topological polar surface area (TPSA) is 49.3 Å². The predicted octanol–water partition coefficient (Wildman–Crippen LogP) is 2.53. The zero-order valence-electron chi connectivity index (χ0n) is 9.49. The van der Waals surface area contributed by atoms with E-state index in [9.17, 15) is 4.79 Å². The molecule has 0 aliphatic heterocycles. The lowest BCUT2D eigenvalue weighted by Gasteiger charge is -2.12. The molecular weight excluding hydrogens is 202 g/mol. The zero-order chi connectivity index (χ0) is 11.6. The van der Waals surface area contributed by atoms with E-state index in [2.05, 4.69) is 24.4 Å². The number of anilines is 1. The monoisotopic (exact) mass is 219 g/mol. The standard InChI is InChI=1S/C13H17NO2/c1-2-10-3-5-11(6-4-10)14-9-13(7-8-13)12(15)16/h3-6,14H,2,7-9H2,1H3,(H,15,16). The van der Waals surface area contributed by atoms with Gasteiger partial charge in [-0.1, -0.05) is 19.1 Å². The van der Waals surface area contributed by atoms with Crippen LogP contribution in [0.2, 0.25) is 0 Å². The number of carbonyl (C=O) groups is 1. The lowest BCUT2D eigenvalue weighted by atomic mass is 10.1. The van der Waals surface area contributed by atoms with Crippen molar-refractivity contribution >= 4 is 11.7 Å². The van der Waals surface area contributed by atoms with E-state index in [4.69, 9.17) is 5.11 Å². The first kappa shape index (κ1) is 11.0. The molecule has 3 heteroatoms. The van der Waals surface area contributed by atoms with E-state index in [0.29, 0.717) is 6.54 Å². The Morgan fingerprint density at radius 1 is 1.38 bits per heavy atom. The van der Waals surface area contributed by atoms with Gasteiger partial charge in [0.15, 0.2) is 0 Å². The van der Waals surface area contributed by atoms with Gasteiger partial charge in [0.25, 0.3) is 0 Å². The van der Waals surface area contributed by atoms with Crippen LogP contribution in [0.15, 0.2) is 24.3 Å². The molecule has 2 N–H and O–H groups in total. The summed E-state index contributed by atoms with van der Waals surface area (Å²) in [6.07, 6.45) is 2.62. The second-order valence-electron chi connectivity index (χ2n) is 4.49. The highest BCUT2D eigenvalue weighted by molar-refractivity contribution is 5.78. The summed E-state index contributed by atoms with van der Waals surface area (Å²) in [4.78, 5) is 11.0. The van der Waals surface area contributed by atoms with Gasteiger partial charge < -0.3 is 10.4 Å². The van der Waals surface area contributed by atoms with E-state index in [0.717, 1.165) is 24.9 Å². The molecule has 1 aromatic rings. The van der Waals surface area contributed by atoms with Gasteiger partial charge in [0.1, 0.15) is 0 Å². The van der Waals surface area contributed by atoms with Gasteiger partial charge in [-0.25, -0.2) is 0 Å². The summed E-state index contributed by atoms with van der Waals surface area (Å²) in [5, 5.41) is 12.2. The molecule has 0 radical (unpaired) electrons. The van der Waals surface area contributed by atoms with Crippen LogP contribution in [-0.2, 0) is 11.2 Å². The maximum Gasteiger partial charge on any atom is 0.311 e. The number of rotatable bonds is 5. The lowest BCUT2D eigenvalue weighted by Crippen LogP contribution is -2.24. The van der Waals surface area contributed by atoms with Crippen LogP contribution in [0.25, 0.3) is 0 Å². The zero-order valence-corrected chi connectivity index (χ0v) is 9.49. The van der Waals surface area contributed by atoms with Crippen LogP contribution in [0.4, 0.5) is 5.69 Å². The molecule has 86 valence electrons. The summed E-state index contributed by atoms with van der Waals surface area (Å²) in [5.41, 5.74) is 1.80. The summed E-state index contributed by atoms with van der Waals surface area (Å²) in [7, 11) is 0. The van der Waals surface area contributed by atoms with Crippen LogP contribution in [0.3, 0.4) is 0 Å². The third kappa shape index (κ3) is 2.18. The van der Waals surface area contributed by atoms with Gasteiger partial charge in [-0.05, 0) is 37.0 Å². The third-order valence-electron chi connectivity index (χ3n) is 3.30. The number of nitrogens with one attached hydrogen (secondary N) is 1. The minimum atomic E-state index is -0.676. The van der Waals surface area contributed by atoms with Crippen LogP contribution in [-0.4, -0.2) is 17.6 Å². The average molecular weight is 219 g/mol. The number of hydrogen-bond acceptors (Lipinski definition) is 2. The Kier molecular flexibility index (Phi) is 2.86. The SMILES string of the molecule is CCc1ccc(NCC2(C(=O)O)CC2)cc1. The van der Waals surface area contributed by atoms with Crippen molar-refractivity contribution < 1.29 is 9.90 Å². The molecule has 16 heavy (non-hydrogen) atoms. The lowest BCUT2D eigenvalue weighted by molar-refractivity contribution is -0.142. The summed E-state index contributed by atoms with van der Waals surface area (Å²) < 4.78 is 0. The smallest absolute Gasteiger partial charge is 0.311 e. The third-order valence-corrected chi connectivity index (χ3v) is 3.30. The summed E-state index contributed by atoms with van der Waals surface area (Å²) in [5.74, 6) is -0.676. The maximum absolute atomic E-state index is 11.0. The average Bonchev–Trinajstić information content (AvgIpc) is 3.08. The van der Waals surface area contributed by atoms with Crippen LogP contribution in [0.1, 0.15) is 25.3 Å². The second kappa shape index (κ2) is 4.16. The number of benzene rings is 1. The van der Waals surface area contributed by atoms with Gasteiger partial charge in [-0.15, -0.1) is 0 Å². The van der Waals surface area contributed by atoms with Gasteiger partial charge in [0.2, 0.25) is 0 Å². The fourth-order valence-electron chi connectivity index (χ4n) is 1.75. The van der Waals surface area contributed by atoms with Crippen LogP contribution in [0.5, 0.6) is 0 Å². The van der Waals surface area contributed by atoms with Crippen LogP contribution >= 0.6 is 0 Å². The van der Waals surface area contributed by atoms with Gasteiger partial charge >= 0.3 is 5.97 Å². The first-order valence-corrected chi connectivity index (χ1v) is 5.72. The number of carboxylic acids is 1. The Morgan fingerprint density at radius 2 is 2.00 bits per heavy atom. The van der Waals surface area contributed by atoms with E-state index >= 15 is 0 Å². The molecular formula is C13H17NO2. The number of aryl methyl sites for hydroxylation is 1. The van der Waals surface area contributed by atoms with E-state index in [1.807, 2.05) is 12.1 Å². The molecule has 0 bridgehead atoms. The molecule has 1 saturated carbocycles. The Hall–Kier alpha value is -1.51. The Labute approximate surface area is 95.5 Å². The van der Waals surface area contributed by atoms with Crippen LogP contribution in [0, 0.1) is 5.41 Å². The maximum atomic E-state index is 11.0. The summed E-state index contributed by atoms with van der Waals surface area (Å²) in [6.45, 7) is 2.65. The van der Waals surface area contributed by atoms with E-state index in [1.165, 1.54) is 5.56 Å². The van der Waals surface area contributed by atoms with E-state index in [-0.39, 0.29) is 0 Å². The molecule has 0 unspecified atom stereocenters. The number of carboxylic acid groups (broad SMARTS) is 1. The highest BCUT2D eigenvalue weighted by Gasteiger charge is 2.49. The molecule has 0 heterocycles. The molecule has 1 aliphatic carbocycles. The van der Waals surface area contributed by atoms with Gasteiger partial charge in [0.05, 0.1) is 5.41 Å². The number of aliphatic carboxylic acids is 1. The molecule has 2 rings (SSSR count). The van der Waals surface area contributed by atoms with Crippen molar-refractivity contribution in [3.63, 3.8) is 0 Å². The highest BCUT2D eigenvalue weighted by Crippen LogP contribution is 2.45. The van der Waals surface area contributed by atoms with Crippen molar-refractivity contribution in [3.8, 4) is 0 Å². The Bertz CT molecular complexity index is 379. The molecule has 1 aromatic carbocycles. The molecule has 1 fully saturated rings. The normalized spacial score (nSPS) is 16.8. The molecule has 1 aliphatic rings. The second-order valence-corrected chi connectivity index (χ2v) is 4.49. The van der Waals surface area contributed by atoms with Crippen molar-refractivity contribution in [1.82, 2.24) is 0 Å². The minimum absolute atomic E-state index is 0.497. The fourth-order valence-corrected chi connectivity index (χ4v) is 1.75. The predicted molar refractivity (Wildman–Crippen MR) is 63.6 cm³/mol. The van der Waals surface area contributed by atoms with Crippen molar-refractivity contribution in [2.45, 2.75) is 26.2 Å². The first-order valence-electron chi connectivity index (χ1n) is 5.72. The highest BCUT2D eigenvalue weighted by atomic mass is 16.4. The Balaban J connectivity index is 1.92. The Morgan fingerprint density at radius 3 is 2.44 bits per heavy atom. The molecule has 3 nitrogen and oxygen atoms in total. The molecule has 0 saturated heterocycles. The van der Waals surface area contributed by atoms with Crippen molar-refractivity contribution in [3.05, 3.63) is 29.8 Å². The quantitative estimate of drug-likeness (QED) is 0.800. The molecule has 0 amide bonds. The van der Waals surface area contributed by atoms with Crippen molar-refractivity contribution in [1.29, 1.82) is 0 Å². The van der Waals surface area contributed by atoms with E-state index in [1.54, 1.807) is 0 Å². The molecule has 0 aromatic heterocycles. The summed E-state index contributed by atoms with van der Waals surface area (Å²) >= 11 is 0.